The lowest BCUT2D eigenvalue weighted by atomic mass is 9.93. The van der Waals surface area contributed by atoms with Crippen LogP contribution in [0.1, 0.15) is 0 Å². The third kappa shape index (κ3) is 6.30. The molecule has 1 nitrogen and oxygen atoms in total. The molecule has 0 radical (unpaired) electrons. The number of fused-ring (bicyclic) bond motifs is 6. The van der Waals surface area contributed by atoms with Crippen LogP contribution in [0.15, 0.2) is 237 Å². The minimum atomic E-state index is 1.10. The summed E-state index contributed by atoms with van der Waals surface area (Å²) in [5.41, 5.74) is 13.0. The Bertz CT molecular complexity index is 3130. The average Bonchev–Trinajstić information content (AvgIpc) is 3.32. The number of nitrogens with zero attached hydrogens (tertiary/aromatic N) is 1. The van der Waals surface area contributed by atoms with Crippen LogP contribution in [-0.4, -0.2) is 0 Å². The van der Waals surface area contributed by atoms with Crippen LogP contribution in [0.5, 0.6) is 0 Å². The fourth-order valence-electron chi connectivity index (χ4n) is 8.93. The first-order valence-electron chi connectivity index (χ1n) is 20.3. The van der Waals surface area contributed by atoms with Crippen molar-refractivity contribution in [3.63, 3.8) is 0 Å². The van der Waals surface area contributed by atoms with E-state index in [0.717, 1.165) is 17.1 Å². The Hall–Kier alpha value is -7.74. The molecule has 11 aromatic rings. The Labute approximate surface area is 344 Å². The van der Waals surface area contributed by atoms with E-state index in [1.807, 2.05) is 0 Å². The van der Waals surface area contributed by atoms with E-state index in [-0.39, 0.29) is 0 Å². The van der Waals surface area contributed by atoms with Crippen molar-refractivity contribution in [1.82, 2.24) is 0 Å². The molecular weight excluding hydrogens is 711 g/mol. The summed E-state index contributed by atoms with van der Waals surface area (Å²) in [7, 11) is 0. The predicted octanol–water partition coefficient (Wildman–Crippen LogP) is 16.4. The number of hydrogen-bond acceptors (Lipinski definition) is 1. The normalized spacial score (nSPS) is 11.4. The summed E-state index contributed by atoms with van der Waals surface area (Å²) in [5, 5.41) is 10.1. The predicted molar refractivity (Wildman–Crippen MR) is 253 cm³/mol. The van der Waals surface area contributed by atoms with Crippen molar-refractivity contribution in [3.05, 3.63) is 237 Å². The second kappa shape index (κ2) is 14.6. The van der Waals surface area contributed by atoms with E-state index >= 15 is 0 Å². The highest BCUT2D eigenvalue weighted by Gasteiger charge is 2.16. The SMILES string of the molecule is c1ccc(-c2cccc(-c3ccc(N(c4ccc(-c5cc6ccccc6c6ccccc56)cc4)c4ccc(-c5cc6ccccc6c6ccccc56)cc4)cc3)c2)cc1. The van der Waals surface area contributed by atoms with E-state index in [1.54, 1.807) is 0 Å². The van der Waals surface area contributed by atoms with Crippen LogP contribution < -0.4 is 4.90 Å². The lowest BCUT2D eigenvalue weighted by Crippen LogP contribution is -2.09. The van der Waals surface area contributed by atoms with Crippen molar-refractivity contribution in [2.24, 2.45) is 0 Å². The fraction of sp³-hybridized carbons (Fsp3) is 0. The molecule has 0 heterocycles. The molecule has 0 aliphatic rings. The van der Waals surface area contributed by atoms with Crippen molar-refractivity contribution >= 4 is 60.2 Å². The Morgan fingerprint density at radius 3 is 1.00 bits per heavy atom. The summed E-state index contributed by atoms with van der Waals surface area (Å²) in [6.45, 7) is 0. The highest BCUT2D eigenvalue weighted by molar-refractivity contribution is 6.15. The molecule has 0 saturated carbocycles. The topological polar surface area (TPSA) is 3.24 Å². The number of benzene rings is 11. The summed E-state index contributed by atoms with van der Waals surface area (Å²) in [6.07, 6.45) is 0. The van der Waals surface area contributed by atoms with Gasteiger partial charge in [-0.2, -0.15) is 0 Å². The lowest BCUT2D eigenvalue weighted by molar-refractivity contribution is 1.28. The van der Waals surface area contributed by atoms with Gasteiger partial charge in [0.1, 0.15) is 0 Å². The van der Waals surface area contributed by atoms with Gasteiger partial charge in [0.25, 0.3) is 0 Å². The zero-order valence-corrected chi connectivity index (χ0v) is 32.5. The standard InChI is InChI=1S/C58H39N/c1-2-13-40(14-3-1)44-17-12-18-45(37-44)41-25-31-48(32-26-41)59(49-33-27-42(28-34-49)57-38-46-15-4-6-19-51(46)53-21-8-10-23-55(53)57)50-35-29-43(30-36-50)58-39-47-16-5-7-20-52(47)54-22-9-11-24-56(54)58/h1-39H. The smallest absolute Gasteiger partial charge is 0.0462 e. The largest absolute Gasteiger partial charge is 0.311 e. The van der Waals surface area contributed by atoms with Gasteiger partial charge in [-0.15, -0.1) is 0 Å². The van der Waals surface area contributed by atoms with Crippen LogP contribution >= 0.6 is 0 Å². The van der Waals surface area contributed by atoms with Crippen LogP contribution in [0.3, 0.4) is 0 Å². The molecule has 0 unspecified atom stereocenters. The van der Waals surface area contributed by atoms with Gasteiger partial charge in [0.05, 0.1) is 0 Å². The van der Waals surface area contributed by atoms with Crippen molar-refractivity contribution in [2.45, 2.75) is 0 Å². The van der Waals surface area contributed by atoms with Gasteiger partial charge in [0.15, 0.2) is 0 Å². The summed E-state index contributed by atoms with van der Waals surface area (Å²) in [6, 6.07) is 86.2. The van der Waals surface area contributed by atoms with Crippen LogP contribution in [0.2, 0.25) is 0 Å². The van der Waals surface area contributed by atoms with E-state index < -0.39 is 0 Å². The Balaban J connectivity index is 1.01. The van der Waals surface area contributed by atoms with Crippen LogP contribution in [0.4, 0.5) is 17.1 Å². The Kier molecular flexibility index (Phi) is 8.56. The van der Waals surface area contributed by atoms with Gasteiger partial charge in [-0.1, -0.05) is 182 Å². The quantitative estimate of drug-likeness (QED) is 0.147. The minimum Gasteiger partial charge on any atom is -0.311 e. The molecule has 0 bridgehead atoms. The van der Waals surface area contributed by atoms with E-state index in [2.05, 4.69) is 241 Å². The van der Waals surface area contributed by atoms with E-state index in [0.29, 0.717) is 0 Å². The molecule has 59 heavy (non-hydrogen) atoms. The molecule has 11 rings (SSSR count). The maximum atomic E-state index is 2.37. The molecule has 0 aliphatic carbocycles. The van der Waals surface area contributed by atoms with Crippen molar-refractivity contribution < 1.29 is 0 Å². The van der Waals surface area contributed by atoms with Gasteiger partial charge < -0.3 is 4.90 Å². The van der Waals surface area contributed by atoms with Gasteiger partial charge in [0, 0.05) is 17.1 Å². The zero-order chi connectivity index (χ0) is 39.1. The molecule has 0 N–H and O–H groups in total. The van der Waals surface area contributed by atoms with Crippen molar-refractivity contribution in [3.8, 4) is 44.5 Å². The lowest BCUT2D eigenvalue weighted by Gasteiger charge is -2.26. The van der Waals surface area contributed by atoms with Crippen molar-refractivity contribution in [1.29, 1.82) is 0 Å². The second-order valence-electron chi connectivity index (χ2n) is 15.3. The Morgan fingerprint density at radius 2 is 0.542 bits per heavy atom. The minimum absolute atomic E-state index is 1.10. The maximum absolute atomic E-state index is 2.37. The summed E-state index contributed by atoms with van der Waals surface area (Å²) < 4.78 is 0. The van der Waals surface area contributed by atoms with Crippen LogP contribution in [0, 0.1) is 0 Å². The van der Waals surface area contributed by atoms with Crippen LogP contribution in [-0.2, 0) is 0 Å². The van der Waals surface area contributed by atoms with Gasteiger partial charge in [-0.3, -0.25) is 0 Å². The van der Waals surface area contributed by atoms with Crippen LogP contribution in [0.25, 0.3) is 87.6 Å². The third-order valence-corrected chi connectivity index (χ3v) is 11.8. The number of anilines is 3. The number of rotatable bonds is 7. The summed E-state index contributed by atoms with van der Waals surface area (Å²) in [4.78, 5) is 2.37. The molecule has 0 aromatic heterocycles. The molecular formula is C58H39N. The van der Waals surface area contributed by atoms with Gasteiger partial charge in [-0.05, 0) is 142 Å². The molecule has 0 aliphatic heterocycles. The molecule has 276 valence electrons. The summed E-state index contributed by atoms with van der Waals surface area (Å²) >= 11 is 0. The second-order valence-corrected chi connectivity index (χ2v) is 15.3. The molecule has 1 heteroatoms. The van der Waals surface area contributed by atoms with Gasteiger partial charge >= 0.3 is 0 Å². The summed E-state index contributed by atoms with van der Waals surface area (Å²) in [5.74, 6) is 0. The Morgan fingerprint density at radius 1 is 0.203 bits per heavy atom. The molecule has 0 saturated heterocycles. The first-order chi connectivity index (χ1) is 29.2. The molecule has 0 atom stereocenters. The molecule has 0 amide bonds. The van der Waals surface area contributed by atoms with E-state index in [9.17, 15) is 0 Å². The molecule has 11 aromatic carbocycles. The first-order valence-corrected chi connectivity index (χ1v) is 20.3. The first kappa shape index (κ1) is 34.5. The third-order valence-electron chi connectivity index (χ3n) is 11.8. The van der Waals surface area contributed by atoms with E-state index in [4.69, 9.17) is 0 Å². The van der Waals surface area contributed by atoms with Crippen molar-refractivity contribution in [2.75, 3.05) is 4.90 Å². The maximum Gasteiger partial charge on any atom is 0.0462 e. The van der Waals surface area contributed by atoms with Gasteiger partial charge in [-0.25, -0.2) is 0 Å². The van der Waals surface area contributed by atoms with E-state index in [1.165, 1.54) is 87.6 Å². The zero-order valence-electron chi connectivity index (χ0n) is 32.5. The molecule has 0 spiro atoms. The average molecular weight is 750 g/mol. The highest BCUT2D eigenvalue weighted by Crippen LogP contribution is 2.41. The molecule has 0 fully saturated rings. The van der Waals surface area contributed by atoms with Gasteiger partial charge in [0.2, 0.25) is 0 Å². The fourth-order valence-corrected chi connectivity index (χ4v) is 8.93. The monoisotopic (exact) mass is 749 g/mol. The number of hydrogen-bond donors (Lipinski definition) is 0. The highest BCUT2D eigenvalue weighted by atomic mass is 15.1.